The molecule has 0 radical (unpaired) electrons. The Morgan fingerprint density at radius 3 is 2.69 bits per heavy atom. The highest BCUT2D eigenvalue weighted by Crippen LogP contribution is 2.19. The number of aryl methyl sites for hydroxylation is 1. The van der Waals surface area contributed by atoms with Gasteiger partial charge in [-0.05, 0) is 57.3 Å². The number of piperidine rings is 1. The lowest BCUT2D eigenvalue weighted by Crippen LogP contribution is -2.47. The van der Waals surface area contributed by atoms with Gasteiger partial charge in [0.15, 0.2) is 11.7 Å². The number of carboxylic acids is 1. The summed E-state index contributed by atoms with van der Waals surface area (Å²) < 4.78 is 1.55. The maximum atomic E-state index is 12.9. The highest BCUT2D eigenvalue weighted by atomic mass is 16.6. The summed E-state index contributed by atoms with van der Waals surface area (Å²) in [5, 5.41) is 19.6. The topological polar surface area (TPSA) is 138 Å². The van der Waals surface area contributed by atoms with E-state index in [4.69, 9.17) is 4.84 Å². The van der Waals surface area contributed by atoms with Crippen LogP contribution in [0.25, 0.3) is 0 Å². The van der Waals surface area contributed by atoms with Gasteiger partial charge in [-0.15, -0.1) is 5.48 Å². The van der Waals surface area contributed by atoms with Crippen LogP contribution >= 0.6 is 0 Å². The normalized spacial score (nSPS) is 17.1. The summed E-state index contributed by atoms with van der Waals surface area (Å²) >= 11 is 0. The molecule has 0 spiro atoms. The molecule has 2 amide bonds. The summed E-state index contributed by atoms with van der Waals surface area (Å²) in [7, 11) is 0. The lowest BCUT2D eigenvalue weighted by molar-refractivity contribution is -0.141. The van der Waals surface area contributed by atoms with Gasteiger partial charge in [-0.3, -0.25) is 19.1 Å². The van der Waals surface area contributed by atoms with E-state index in [1.807, 2.05) is 24.0 Å². The minimum Gasteiger partial charge on any atom is -0.480 e. The Balaban J connectivity index is 1.30. The molecule has 0 aliphatic carbocycles. The Kier molecular flexibility index (Phi) is 7.98. The largest absolute Gasteiger partial charge is 0.480 e. The number of fused-ring (bicyclic) bond motifs is 1. The summed E-state index contributed by atoms with van der Waals surface area (Å²) in [5.41, 5.74) is 3.96. The highest BCUT2D eigenvalue weighted by molar-refractivity contribution is 5.98. The van der Waals surface area contributed by atoms with Gasteiger partial charge in [0.25, 0.3) is 11.8 Å². The highest BCUT2D eigenvalue weighted by Gasteiger charge is 2.29. The molecule has 2 aromatic rings. The molecule has 1 unspecified atom stereocenters. The lowest BCUT2D eigenvalue weighted by atomic mass is 9.94. The van der Waals surface area contributed by atoms with Crippen molar-refractivity contribution in [2.24, 2.45) is 5.92 Å². The molecule has 1 atom stereocenters. The van der Waals surface area contributed by atoms with Gasteiger partial charge in [-0.1, -0.05) is 17.7 Å². The zero-order valence-electron chi connectivity index (χ0n) is 19.8. The fourth-order valence-electron chi connectivity index (χ4n) is 4.28. The van der Waals surface area contributed by atoms with E-state index >= 15 is 0 Å². The molecule has 11 heteroatoms. The molecule has 0 saturated carbocycles. The SMILES string of the molecule is Cc1ccc(ONC(CNC(=O)c2cc3n(n2)CCN(CCC2CCNCC2)C3=O)C(=O)O)cc1. The Morgan fingerprint density at radius 1 is 1.23 bits per heavy atom. The first-order valence-electron chi connectivity index (χ1n) is 12.0. The van der Waals surface area contributed by atoms with Gasteiger partial charge in [0, 0.05) is 25.7 Å². The summed E-state index contributed by atoms with van der Waals surface area (Å²) in [5.74, 6) is -0.778. The van der Waals surface area contributed by atoms with Crippen molar-refractivity contribution in [2.45, 2.75) is 38.8 Å². The van der Waals surface area contributed by atoms with E-state index in [1.165, 1.54) is 6.07 Å². The van der Waals surface area contributed by atoms with Crippen LogP contribution in [0.3, 0.4) is 0 Å². The molecule has 1 aromatic heterocycles. The van der Waals surface area contributed by atoms with Crippen LogP contribution in [0.15, 0.2) is 30.3 Å². The van der Waals surface area contributed by atoms with E-state index in [0.29, 0.717) is 37.0 Å². The number of aromatic nitrogens is 2. The van der Waals surface area contributed by atoms with Crippen molar-refractivity contribution in [3.05, 3.63) is 47.3 Å². The third-order valence-electron chi connectivity index (χ3n) is 6.47. The van der Waals surface area contributed by atoms with Crippen LogP contribution in [0.2, 0.25) is 0 Å². The number of aliphatic carboxylic acids is 1. The predicted octanol–water partition coefficient (Wildman–Crippen LogP) is 0.804. The van der Waals surface area contributed by atoms with E-state index in [0.717, 1.165) is 37.9 Å². The van der Waals surface area contributed by atoms with Crippen LogP contribution in [0.4, 0.5) is 0 Å². The second-order valence-electron chi connectivity index (χ2n) is 9.05. The number of hydroxylamine groups is 1. The first-order valence-corrected chi connectivity index (χ1v) is 12.0. The predicted molar refractivity (Wildman–Crippen MR) is 127 cm³/mol. The molecule has 188 valence electrons. The monoisotopic (exact) mass is 484 g/mol. The fourth-order valence-corrected chi connectivity index (χ4v) is 4.28. The number of carboxylic acid groups (broad SMARTS) is 1. The molecule has 2 aliphatic heterocycles. The fraction of sp³-hybridized carbons (Fsp3) is 0.500. The Bertz CT molecular complexity index is 1050. The number of amides is 2. The molecule has 1 fully saturated rings. The number of hydrogen-bond donors (Lipinski definition) is 4. The molecule has 4 N–H and O–H groups in total. The number of rotatable bonds is 10. The van der Waals surface area contributed by atoms with Crippen molar-refractivity contribution in [1.82, 2.24) is 30.8 Å². The van der Waals surface area contributed by atoms with E-state index < -0.39 is 17.9 Å². The van der Waals surface area contributed by atoms with Gasteiger partial charge in [0.2, 0.25) is 0 Å². The third kappa shape index (κ3) is 6.37. The molecule has 35 heavy (non-hydrogen) atoms. The minimum absolute atomic E-state index is 0.0807. The molecule has 0 bridgehead atoms. The Labute approximate surface area is 203 Å². The lowest BCUT2D eigenvalue weighted by Gasteiger charge is -2.30. The quantitative estimate of drug-likeness (QED) is 0.364. The third-order valence-corrected chi connectivity index (χ3v) is 6.47. The summed E-state index contributed by atoms with van der Waals surface area (Å²) in [4.78, 5) is 44.3. The molecule has 1 saturated heterocycles. The maximum Gasteiger partial charge on any atom is 0.325 e. The number of carbonyl (C=O) groups is 3. The zero-order chi connectivity index (χ0) is 24.8. The van der Waals surface area contributed by atoms with E-state index in [9.17, 15) is 19.5 Å². The first kappa shape index (κ1) is 24.7. The molecule has 4 rings (SSSR count). The van der Waals surface area contributed by atoms with Gasteiger partial charge >= 0.3 is 5.97 Å². The van der Waals surface area contributed by atoms with Crippen LogP contribution < -0.4 is 21.0 Å². The molecule has 3 heterocycles. The van der Waals surface area contributed by atoms with E-state index in [2.05, 4.69) is 21.2 Å². The molecular formula is C24H32N6O5. The Morgan fingerprint density at radius 2 is 1.97 bits per heavy atom. The van der Waals surface area contributed by atoms with Crippen molar-refractivity contribution in [1.29, 1.82) is 0 Å². The van der Waals surface area contributed by atoms with Gasteiger partial charge < -0.3 is 25.5 Å². The first-order chi connectivity index (χ1) is 16.9. The van der Waals surface area contributed by atoms with Crippen molar-refractivity contribution in [3.8, 4) is 5.75 Å². The number of hydrogen-bond acceptors (Lipinski definition) is 7. The van der Waals surface area contributed by atoms with Crippen LogP contribution in [0.1, 0.15) is 45.8 Å². The van der Waals surface area contributed by atoms with E-state index in [1.54, 1.807) is 16.8 Å². The van der Waals surface area contributed by atoms with Crippen molar-refractivity contribution < 1.29 is 24.3 Å². The van der Waals surface area contributed by atoms with Crippen molar-refractivity contribution in [3.63, 3.8) is 0 Å². The van der Waals surface area contributed by atoms with Crippen LogP contribution in [-0.4, -0.2) is 76.3 Å². The second-order valence-corrected chi connectivity index (χ2v) is 9.05. The van der Waals surface area contributed by atoms with Crippen molar-refractivity contribution >= 4 is 17.8 Å². The standard InChI is InChI=1S/C24H32N6O5/c1-16-2-4-18(5-3-16)35-28-20(24(33)34)15-26-22(31)19-14-21-23(32)29(12-13-30(21)27-19)11-8-17-6-9-25-10-7-17/h2-5,14,17,20,25,28H,6-13,15H2,1H3,(H,26,31)(H,33,34). The van der Waals surface area contributed by atoms with Gasteiger partial charge in [0.1, 0.15) is 11.4 Å². The smallest absolute Gasteiger partial charge is 0.325 e. The van der Waals surface area contributed by atoms with Gasteiger partial charge in [-0.2, -0.15) is 5.10 Å². The molecule has 1 aromatic carbocycles. The Hall–Kier alpha value is -3.44. The average Bonchev–Trinajstić information content (AvgIpc) is 3.30. The molecule has 2 aliphatic rings. The van der Waals surface area contributed by atoms with Crippen LogP contribution in [0.5, 0.6) is 5.75 Å². The second kappa shape index (κ2) is 11.3. The summed E-state index contributed by atoms with van der Waals surface area (Å²) in [6.07, 6.45) is 3.24. The van der Waals surface area contributed by atoms with E-state index in [-0.39, 0.29) is 18.1 Å². The van der Waals surface area contributed by atoms with Gasteiger partial charge in [0.05, 0.1) is 6.54 Å². The maximum absolute atomic E-state index is 12.9. The number of nitrogens with zero attached hydrogens (tertiary/aromatic N) is 3. The number of carbonyl (C=O) groups excluding carboxylic acids is 2. The summed E-state index contributed by atoms with van der Waals surface area (Å²) in [6.45, 7) is 5.54. The average molecular weight is 485 g/mol. The molecule has 11 nitrogen and oxygen atoms in total. The number of benzene rings is 1. The molecular weight excluding hydrogens is 452 g/mol. The van der Waals surface area contributed by atoms with Crippen LogP contribution in [0, 0.1) is 12.8 Å². The number of nitrogens with one attached hydrogen (secondary N) is 3. The summed E-state index contributed by atoms with van der Waals surface area (Å²) in [6, 6.07) is 7.39. The van der Waals surface area contributed by atoms with Crippen molar-refractivity contribution in [2.75, 3.05) is 32.7 Å². The minimum atomic E-state index is -1.18. The zero-order valence-corrected chi connectivity index (χ0v) is 19.8. The van der Waals surface area contributed by atoms with Crippen LogP contribution in [-0.2, 0) is 11.3 Å². The van der Waals surface area contributed by atoms with Gasteiger partial charge in [-0.25, -0.2) is 0 Å².